The van der Waals surface area contributed by atoms with E-state index >= 15 is 0 Å². The van der Waals surface area contributed by atoms with Crippen LogP contribution in [0.15, 0.2) is 33.8 Å². The molecule has 1 aromatic heterocycles. The van der Waals surface area contributed by atoms with Crippen molar-refractivity contribution in [2.24, 2.45) is 5.92 Å². The second-order valence-corrected chi connectivity index (χ2v) is 10.2. The summed E-state index contributed by atoms with van der Waals surface area (Å²) in [6.45, 7) is 2.56. The van der Waals surface area contributed by atoms with Crippen molar-refractivity contribution in [3.8, 4) is 11.5 Å². The van der Waals surface area contributed by atoms with Crippen LogP contribution in [0.4, 0.5) is 0 Å². The molecule has 10 nitrogen and oxygen atoms in total. The maximum atomic E-state index is 13.4. The minimum Gasteiger partial charge on any atom is -0.454 e. The van der Waals surface area contributed by atoms with Gasteiger partial charge >= 0.3 is 0 Å². The molecule has 3 heterocycles. The van der Waals surface area contributed by atoms with Crippen molar-refractivity contribution in [2.45, 2.75) is 31.2 Å². The van der Waals surface area contributed by atoms with E-state index in [2.05, 4.69) is 10.5 Å². The lowest BCUT2D eigenvalue weighted by Crippen LogP contribution is -2.45. The molecule has 2 aliphatic heterocycles. The molecule has 4 rings (SSSR count). The largest absolute Gasteiger partial charge is 0.454 e. The summed E-state index contributed by atoms with van der Waals surface area (Å²) in [4.78, 5) is 14.7. The van der Waals surface area contributed by atoms with Crippen molar-refractivity contribution in [3.05, 3.63) is 41.4 Å². The number of nitrogens with zero attached hydrogens (tertiary/aromatic N) is 3. The predicted molar refractivity (Wildman–Crippen MR) is 120 cm³/mol. The van der Waals surface area contributed by atoms with E-state index in [-0.39, 0.29) is 29.9 Å². The number of rotatable bonds is 7. The fraction of sp³-hybridized carbons (Fsp3) is 0.455. The number of benzene rings is 1. The van der Waals surface area contributed by atoms with Gasteiger partial charge in [-0.05, 0) is 37.5 Å². The molecule has 1 N–H and O–H groups in total. The van der Waals surface area contributed by atoms with Gasteiger partial charge in [0.15, 0.2) is 22.2 Å². The molecule has 0 radical (unpaired) electrons. The van der Waals surface area contributed by atoms with Gasteiger partial charge < -0.3 is 24.2 Å². The molecule has 2 aliphatic rings. The Labute approximate surface area is 193 Å². The Morgan fingerprint density at radius 2 is 2.09 bits per heavy atom. The topological polar surface area (TPSA) is 114 Å². The number of nitrogens with one attached hydrogen (secondary N) is 1. The molecule has 0 saturated carbocycles. The first-order valence-electron chi connectivity index (χ1n) is 10.7. The number of amides is 1. The molecule has 0 spiro atoms. The molecule has 178 valence electrons. The summed E-state index contributed by atoms with van der Waals surface area (Å²) in [5.74, 6) is 0.892. The molecule has 11 heteroatoms. The first-order chi connectivity index (χ1) is 15.8. The van der Waals surface area contributed by atoms with E-state index in [1.165, 1.54) is 4.31 Å². The van der Waals surface area contributed by atoms with Crippen molar-refractivity contribution < 1.29 is 27.2 Å². The van der Waals surface area contributed by atoms with Crippen LogP contribution in [0.25, 0.3) is 6.08 Å². The van der Waals surface area contributed by atoms with Crippen LogP contribution < -0.4 is 14.8 Å². The number of carbonyl (C=O) groups is 1. The SMILES string of the molecule is Cc1noc(/C=C/N(C)C)c1S(=O)(=O)N1CCC[C@@H](C(=O)NCc2ccc3c(c2)OCO3)C1. The van der Waals surface area contributed by atoms with Gasteiger partial charge in [0, 0.05) is 46.0 Å². The second kappa shape index (κ2) is 9.44. The van der Waals surface area contributed by atoms with Crippen molar-refractivity contribution in [1.82, 2.24) is 19.7 Å². The van der Waals surface area contributed by atoms with Crippen molar-refractivity contribution in [3.63, 3.8) is 0 Å². The Morgan fingerprint density at radius 1 is 1.30 bits per heavy atom. The minimum absolute atomic E-state index is 0.0435. The summed E-state index contributed by atoms with van der Waals surface area (Å²) in [5, 5.41) is 6.77. The van der Waals surface area contributed by atoms with E-state index in [9.17, 15) is 13.2 Å². The van der Waals surface area contributed by atoms with Crippen LogP contribution in [0.5, 0.6) is 11.5 Å². The Hall–Kier alpha value is -3.05. The monoisotopic (exact) mass is 476 g/mol. The van der Waals surface area contributed by atoms with Gasteiger partial charge in [-0.15, -0.1) is 0 Å². The van der Waals surface area contributed by atoms with Crippen LogP contribution in [0.3, 0.4) is 0 Å². The number of aromatic nitrogens is 1. The number of hydrogen-bond acceptors (Lipinski definition) is 8. The average molecular weight is 477 g/mol. The summed E-state index contributed by atoms with van der Waals surface area (Å²) in [5.41, 5.74) is 1.17. The van der Waals surface area contributed by atoms with E-state index in [1.807, 2.05) is 32.3 Å². The molecule has 0 unspecified atom stereocenters. The summed E-state index contributed by atoms with van der Waals surface area (Å²) in [6, 6.07) is 5.50. The number of fused-ring (bicyclic) bond motifs is 1. The van der Waals surface area contributed by atoms with Gasteiger partial charge in [0.1, 0.15) is 5.69 Å². The highest BCUT2D eigenvalue weighted by Crippen LogP contribution is 2.33. The zero-order chi connectivity index (χ0) is 23.6. The number of piperidine rings is 1. The molecule has 1 fully saturated rings. The lowest BCUT2D eigenvalue weighted by Gasteiger charge is -2.31. The lowest BCUT2D eigenvalue weighted by atomic mass is 9.98. The van der Waals surface area contributed by atoms with Crippen molar-refractivity contribution in [1.29, 1.82) is 0 Å². The maximum absolute atomic E-state index is 13.4. The van der Waals surface area contributed by atoms with Crippen LogP contribution in [0.1, 0.15) is 29.9 Å². The lowest BCUT2D eigenvalue weighted by molar-refractivity contribution is -0.126. The zero-order valence-electron chi connectivity index (χ0n) is 18.9. The zero-order valence-corrected chi connectivity index (χ0v) is 19.7. The fourth-order valence-corrected chi connectivity index (χ4v) is 5.68. The standard InChI is InChI=1S/C22H28N4O6S/c1-15-21(19(32-24-15)8-10-25(2)3)33(28,29)26-9-4-5-17(13-26)22(27)23-12-16-6-7-18-20(11-16)31-14-30-18/h6-8,10-11,17H,4-5,9,12-14H2,1-3H3,(H,23,27)/b10-8+/t17-/m1/s1. The Balaban J connectivity index is 1.43. The second-order valence-electron chi connectivity index (χ2n) is 8.35. The first kappa shape index (κ1) is 23.1. The molecule has 1 amide bonds. The number of sulfonamides is 1. The third-order valence-electron chi connectivity index (χ3n) is 5.61. The normalized spacial score (nSPS) is 18.6. The molecular weight excluding hydrogens is 448 g/mol. The minimum atomic E-state index is -3.87. The van der Waals surface area contributed by atoms with Crippen LogP contribution in [-0.4, -0.2) is 62.7 Å². The summed E-state index contributed by atoms with van der Waals surface area (Å²) < 4.78 is 44.1. The summed E-state index contributed by atoms with van der Waals surface area (Å²) in [7, 11) is -0.222. The number of hydrogen-bond donors (Lipinski definition) is 1. The van der Waals surface area contributed by atoms with Gasteiger partial charge in [-0.25, -0.2) is 8.42 Å². The predicted octanol–water partition coefficient (Wildman–Crippen LogP) is 1.96. The number of ether oxygens (including phenoxy) is 2. The van der Waals surface area contributed by atoms with E-state index in [4.69, 9.17) is 14.0 Å². The van der Waals surface area contributed by atoms with Crippen LogP contribution in [0, 0.1) is 12.8 Å². The van der Waals surface area contributed by atoms with E-state index in [1.54, 1.807) is 24.1 Å². The highest BCUT2D eigenvalue weighted by atomic mass is 32.2. The van der Waals surface area contributed by atoms with Crippen LogP contribution in [0.2, 0.25) is 0 Å². The van der Waals surface area contributed by atoms with Crippen LogP contribution >= 0.6 is 0 Å². The van der Waals surface area contributed by atoms with Gasteiger partial charge in [0.05, 0.1) is 5.92 Å². The average Bonchev–Trinajstić information content (AvgIpc) is 3.42. The molecule has 2 aromatic rings. The number of carbonyl (C=O) groups excluding carboxylic acids is 1. The number of aryl methyl sites for hydroxylation is 1. The maximum Gasteiger partial charge on any atom is 0.248 e. The highest BCUT2D eigenvalue weighted by Gasteiger charge is 2.36. The summed E-state index contributed by atoms with van der Waals surface area (Å²) in [6.07, 6.45) is 4.48. The molecular formula is C22H28N4O6S. The molecule has 1 aromatic carbocycles. The van der Waals surface area contributed by atoms with Crippen molar-refractivity contribution in [2.75, 3.05) is 34.0 Å². The van der Waals surface area contributed by atoms with Crippen molar-refractivity contribution >= 4 is 22.0 Å². The third kappa shape index (κ3) is 4.98. The molecule has 0 aliphatic carbocycles. The summed E-state index contributed by atoms with van der Waals surface area (Å²) >= 11 is 0. The van der Waals surface area contributed by atoms with E-state index in [0.717, 1.165) is 5.56 Å². The third-order valence-corrected chi connectivity index (χ3v) is 7.64. The van der Waals surface area contributed by atoms with E-state index < -0.39 is 15.9 Å². The van der Waals surface area contributed by atoms with Gasteiger partial charge in [0.2, 0.25) is 22.7 Å². The van der Waals surface area contributed by atoms with Gasteiger partial charge in [-0.2, -0.15) is 4.31 Å². The molecule has 33 heavy (non-hydrogen) atoms. The van der Waals surface area contributed by atoms with Gasteiger partial charge in [0.25, 0.3) is 0 Å². The van der Waals surface area contributed by atoms with Gasteiger partial charge in [-0.3, -0.25) is 4.79 Å². The quantitative estimate of drug-likeness (QED) is 0.645. The Morgan fingerprint density at radius 3 is 2.88 bits per heavy atom. The van der Waals surface area contributed by atoms with Gasteiger partial charge in [-0.1, -0.05) is 11.2 Å². The smallest absolute Gasteiger partial charge is 0.248 e. The molecule has 1 saturated heterocycles. The molecule has 0 bridgehead atoms. The first-order valence-corrected chi connectivity index (χ1v) is 12.2. The van der Waals surface area contributed by atoms with E-state index in [0.29, 0.717) is 43.1 Å². The highest BCUT2D eigenvalue weighted by molar-refractivity contribution is 7.89. The molecule has 1 atom stereocenters. The van der Waals surface area contributed by atoms with Crippen LogP contribution in [-0.2, 0) is 21.4 Å². The Bertz CT molecular complexity index is 1160. The fourth-order valence-electron chi connectivity index (χ4n) is 3.90. The Kier molecular flexibility index (Phi) is 6.61.